The van der Waals surface area contributed by atoms with E-state index < -0.39 is 0 Å². The van der Waals surface area contributed by atoms with Gasteiger partial charge in [-0.05, 0) is 50.1 Å². The summed E-state index contributed by atoms with van der Waals surface area (Å²) in [5.74, 6) is -0.198. The van der Waals surface area contributed by atoms with Crippen molar-refractivity contribution in [1.29, 1.82) is 0 Å². The largest absolute Gasteiger partial charge is 0.319 e. The highest BCUT2D eigenvalue weighted by atomic mass is 32.1. The van der Waals surface area contributed by atoms with Crippen LogP contribution in [0.1, 0.15) is 27.0 Å². The SMILES string of the molecule is Cc1ccc(C(=O)N=c2sc3c(C)cc(C)cc3n2C)cc1. The Kier molecular flexibility index (Phi) is 3.71. The van der Waals surface area contributed by atoms with Crippen LogP contribution in [0.15, 0.2) is 41.4 Å². The number of hydrogen-bond acceptors (Lipinski definition) is 2. The van der Waals surface area contributed by atoms with E-state index in [1.807, 2.05) is 42.8 Å². The Labute approximate surface area is 133 Å². The average molecular weight is 310 g/mol. The Balaban J connectivity index is 2.13. The fourth-order valence-electron chi connectivity index (χ4n) is 2.52. The zero-order chi connectivity index (χ0) is 15.9. The zero-order valence-electron chi connectivity index (χ0n) is 13.2. The monoisotopic (exact) mass is 310 g/mol. The van der Waals surface area contributed by atoms with Gasteiger partial charge in [0.25, 0.3) is 5.91 Å². The molecule has 0 radical (unpaired) electrons. The molecule has 0 unspecified atom stereocenters. The zero-order valence-corrected chi connectivity index (χ0v) is 14.0. The van der Waals surface area contributed by atoms with E-state index in [4.69, 9.17) is 0 Å². The number of rotatable bonds is 1. The number of carbonyl (C=O) groups excluding carboxylic acids is 1. The lowest BCUT2D eigenvalue weighted by atomic mass is 10.1. The molecular formula is C18H18N2OS. The first-order chi connectivity index (χ1) is 10.5. The summed E-state index contributed by atoms with van der Waals surface area (Å²) in [6, 6.07) is 11.8. The van der Waals surface area contributed by atoms with E-state index in [9.17, 15) is 4.79 Å². The Hall–Kier alpha value is -2.20. The molecule has 3 aromatic rings. The molecule has 112 valence electrons. The van der Waals surface area contributed by atoms with Crippen molar-refractivity contribution >= 4 is 27.5 Å². The first kappa shape index (κ1) is 14.7. The smallest absolute Gasteiger partial charge is 0.279 e. The minimum Gasteiger partial charge on any atom is -0.319 e. The van der Waals surface area contributed by atoms with Crippen LogP contribution < -0.4 is 4.80 Å². The van der Waals surface area contributed by atoms with Gasteiger partial charge in [-0.2, -0.15) is 4.99 Å². The van der Waals surface area contributed by atoms with Crippen molar-refractivity contribution in [2.45, 2.75) is 20.8 Å². The molecule has 0 spiro atoms. The summed E-state index contributed by atoms with van der Waals surface area (Å²) < 4.78 is 3.18. The molecule has 0 atom stereocenters. The normalized spacial score (nSPS) is 12.1. The molecule has 0 N–H and O–H groups in total. The van der Waals surface area contributed by atoms with Crippen molar-refractivity contribution in [3.05, 3.63) is 63.5 Å². The van der Waals surface area contributed by atoms with Gasteiger partial charge in [-0.1, -0.05) is 35.1 Å². The number of hydrogen-bond donors (Lipinski definition) is 0. The molecule has 1 aromatic heterocycles. The van der Waals surface area contributed by atoms with E-state index in [2.05, 4.69) is 31.0 Å². The molecule has 0 bridgehead atoms. The maximum atomic E-state index is 12.3. The van der Waals surface area contributed by atoms with Gasteiger partial charge in [-0.3, -0.25) is 4.79 Å². The molecule has 22 heavy (non-hydrogen) atoms. The van der Waals surface area contributed by atoms with Crippen LogP contribution in [0.4, 0.5) is 0 Å². The van der Waals surface area contributed by atoms with E-state index in [-0.39, 0.29) is 5.91 Å². The molecule has 0 aliphatic carbocycles. The maximum absolute atomic E-state index is 12.3. The summed E-state index contributed by atoms with van der Waals surface area (Å²) >= 11 is 1.56. The lowest BCUT2D eigenvalue weighted by Gasteiger charge is -2.00. The first-order valence-electron chi connectivity index (χ1n) is 7.18. The van der Waals surface area contributed by atoms with Crippen LogP contribution in [0.5, 0.6) is 0 Å². The van der Waals surface area contributed by atoms with Crippen LogP contribution in [-0.2, 0) is 7.05 Å². The van der Waals surface area contributed by atoms with E-state index in [1.165, 1.54) is 15.8 Å². The van der Waals surface area contributed by atoms with Gasteiger partial charge in [0.05, 0.1) is 10.2 Å². The molecule has 0 aliphatic heterocycles. The number of amides is 1. The molecule has 0 saturated heterocycles. The molecule has 1 heterocycles. The average Bonchev–Trinajstić information content (AvgIpc) is 2.77. The quantitative estimate of drug-likeness (QED) is 0.671. The van der Waals surface area contributed by atoms with Gasteiger partial charge in [0, 0.05) is 12.6 Å². The first-order valence-corrected chi connectivity index (χ1v) is 8.00. The fourth-order valence-corrected chi connectivity index (χ4v) is 3.59. The minimum absolute atomic E-state index is 0.198. The van der Waals surface area contributed by atoms with Gasteiger partial charge in [-0.25, -0.2) is 0 Å². The van der Waals surface area contributed by atoms with Crippen molar-refractivity contribution < 1.29 is 4.79 Å². The predicted molar refractivity (Wildman–Crippen MR) is 91.3 cm³/mol. The number of thiazole rings is 1. The molecule has 0 fully saturated rings. The van der Waals surface area contributed by atoms with Gasteiger partial charge in [0.2, 0.25) is 0 Å². The van der Waals surface area contributed by atoms with Crippen LogP contribution in [0, 0.1) is 20.8 Å². The minimum atomic E-state index is -0.198. The lowest BCUT2D eigenvalue weighted by Crippen LogP contribution is -2.13. The summed E-state index contributed by atoms with van der Waals surface area (Å²) in [6.45, 7) is 6.18. The lowest BCUT2D eigenvalue weighted by molar-refractivity contribution is 0.0998. The van der Waals surface area contributed by atoms with Gasteiger partial charge in [-0.15, -0.1) is 0 Å². The predicted octanol–water partition coefficient (Wildman–Crippen LogP) is 3.91. The maximum Gasteiger partial charge on any atom is 0.279 e. The topological polar surface area (TPSA) is 34.4 Å². The molecule has 0 saturated carbocycles. The van der Waals surface area contributed by atoms with Gasteiger partial charge >= 0.3 is 0 Å². The van der Waals surface area contributed by atoms with Crippen LogP contribution in [-0.4, -0.2) is 10.5 Å². The van der Waals surface area contributed by atoms with Crippen molar-refractivity contribution in [3.8, 4) is 0 Å². The standard InChI is InChI=1S/C18H18N2OS/c1-11-5-7-14(8-6-11)17(21)19-18-20(4)15-10-12(2)9-13(3)16(15)22-18/h5-10H,1-4H3. The molecule has 0 aliphatic rings. The van der Waals surface area contributed by atoms with E-state index >= 15 is 0 Å². The van der Waals surface area contributed by atoms with Crippen molar-refractivity contribution in [2.75, 3.05) is 0 Å². The van der Waals surface area contributed by atoms with Crippen LogP contribution in [0.2, 0.25) is 0 Å². The third kappa shape index (κ3) is 2.62. The van der Waals surface area contributed by atoms with Crippen molar-refractivity contribution in [2.24, 2.45) is 12.0 Å². The Morgan fingerprint density at radius 3 is 2.41 bits per heavy atom. The molecule has 4 heteroatoms. The Morgan fingerprint density at radius 1 is 1.05 bits per heavy atom. The number of benzene rings is 2. The third-order valence-electron chi connectivity index (χ3n) is 3.74. The van der Waals surface area contributed by atoms with Crippen LogP contribution in [0.3, 0.4) is 0 Å². The van der Waals surface area contributed by atoms with Crippen LogP contribution >= 0.6 is 11.3 Å². The molecule has 3 rings (SSSR count). The number of fused-ring (bicyclic) bond motifs is 1. The van der Waals surface area contributed by atoms with Gasteiger partial charge in [0.15, 0.2) is 4.80 Å². The molecule has 1 amide bonds. The Morgan fingerprint density at radius 2 is 1.73 bits per heavy atom. The van der Waals surface area contributed by atoms with Gasteiger partial charge < -0.3 is 4.57 Å². The number of carbonyl (C=O) groups is 1. The summed E-state index contributed by atoms with van der Waals surface area (Å²) in [5, 5.41) is 0. The fraction of sp³-hybridized carbons (Fsp3) is 0.222. The molecular weight excluding hydrogens is 292 g/mol. The summed E-state index contributed by atoms with van der Waals surface area (Å²) in [6.07, 6.45) is 0. The second kappa shape index (κ2) is 5.54. The number of aryl methyl sites for hydroxylation is 4. The van der Waals surface area contributed by atoms with E-state index in [0.29, 0.717) is 5.56 Å². The second-order valence-corrected chi connectivity index (χ2v) is 6.63. The van der Waals surface area contributed by atoms with Gasteiger partial charge in [0.1, 0.15) is 0 Å². The third-order valence-corrected chi connectivity index (χ3v) is 5.02. The molecule has 2 aromatic carbocycles. The van der Waals surface area contributed by atoms with Crippen molar-refractivity contribution in [1.82, 2.24) is 4.57 Å². The summed E-state index contributed by atoms with van der Waals surface area (Å²) in [7, 11) is 1.96. The number of aromatic nitrogens is 1. The summed E-state index contributed by atoms with van der Waals surface area (Å²) in [4.78, 5) is 17.4. The van der Waals surface area contributed by atoms with E-state index in [0.717, 1.165) is 15.9 Å². The summed E-state index contributed by atoms with van der Waals surface area (Å²) in [5.41, 5.74) is 5.32. The second-order valence-electron chi connectivity index (χ2n) is 5.66. The highest BCUT2D eigenvalue weighted by Crippen LogP contribution is 2.22. The number of nitrogens with zero attached hydrogens (tertiary/aromatic N) is 2. The van der Waals surface area contributed by atoms with Crippen molar-refractivity contribution in [3.63, 3.8) is 0 Å². The molecule has 3 nitrogen and oxygen atoms in total. The Bertz CT molecular complexity index is 930. The van der Waals surface area contributed by atoms with Crippen LogP contribution in [0.25, 0.3) is 10.2 Å². The highest BCUT2D eigenvalue weighted by Gasteiger charge is 2.09. The highest BCUT2D eigenvalue weighted by molar-refractivity contribution is 7.16. The van der Waals surface area contributed by atoms with E-state index in [1.54, 1.807) is 11.3 Å².